The number of ether oxygens (including phenoxy) is 2. The van der Waals surface area contributed by atoms with Crippen molar-refractivity contribution in [3.8, 4) is 11.5 Å². The highest BCUT2D eigenvalue weighted by Crippen LogP contribution is 2.49. The second-order valence-corrected chi connectivity index (χ2v) is 6.05. The van der Waals surface area contributed by atoms with E-state index in [0.29, 0.717) is 23.6 Å². The number of aldehydes is 1. The summed E-state index contributed by atoms with van der Waals surface area (Å²) in [6.07, 6.45) is 5.18. The molecule has 1 saturated carbocycles. The predicted molar refractivity (Wildman–Crippen MR) is 81.8 cm³/mol. The van der Waals surface area contributed by atoms with Gasteiger partial charge in [-0.05, 0) is 34.8 Å². The SMILES string of the molecule is COc1c(C2(CN)CCCC2)cc(Br)c(C=O)c1OC. The second kappa shape index (κ2) is 6.14. The molecule has 0 aromatic heterocycles. The molecule has 0 heterocycles. The Morgan fingerprint density at radius 2 is 1.90 bits per heavy atom. The van der Waals surface area contributed by atoms with Gasteiger partial charge in [0, 0.05) is 22.0 Å². The molecule has 20 heavy (non-hydrogen) atoms. The van der Waals surface area contributed by atoms with E-state index in [1.165, 1.54) is 0 Å². The minimum Gasteiger partial charge on any atom is -0.493 e. The van der Waals surface area contributed by atoms with E-state index >= 15 is 0 Å². The molecular weight excluding hydrogens is 322 g/mol. The quantitative estimate of drug-likeness (QED) is 0.836. The molecule has 4 nitrogen and oxygen atoms in total. The maximum atomic E-state index is 11.3. The van der Waals surface area contributed by atoms with Crippen molar-refractivity contribution in [2.45, 2.75) is 31.1 Å². The third kappa shape index (κ3) is 2.33. The summed E-state index contributed by atoms with van der Waals surface area (Å²) in [4.78, 5) is 11.3. The zero-order valence-electron chi connectivity index (χ0n) is 11.9. The molecule has 0 unspecified atom stereocenters. The smallest absolute Gasteiger partial charge is 0.172 e. The van der Waals surface area contributed by atoms with Crippen molar-refractivity contribution in [1.29, 1.82) is 0 Å². The number of hydrogen-bond donors (Lipinski definition) is 1. The Hall–Kier alpha value is -1.07. The van der Waals surface area contributed by atoms with Crippen molar-refractivity contribution in [3.63, 3.8) is 0 Å². The van der Waals surface area contributed by atoms with Crippen LogP contribution in [-0.2, 0) is 5.41 Å². The third-order valence-corrected chi connectivity index (χ3v) is 4.93. The zero-order chi connectivity index (χ0) is 14.8. The maximum Gasteiger partial charge on any atom is 0.172 e. The first-order valence-electron chi connectivity index (χ1n) is 6.73. The molecule has 1 aromatic rings. The van der Waals surface area contributed by atoms with Crippen LogP contribution in [0, 0.1) is 0 Å². The monoisotopic (exact) mass is 341 g/mol. The molecule has 1 fully saturated rings. The molecule has 0 atom stereocenters. The molecule has 2 N–H and O–H groups in total. The van der Waals surface area contributed by atoms with Gasteiger partial charge >= 0.3 is 0 Å². The van der Waals surface area contributed by atoms with Gasteiger partial charge in [-0.2, -0.15) is 0 Å². The number of benzene rings is 1. The molecule has 1 aromatic carbocycles. The lowest BCUT2D eigenvalue weighted by molar-refractivity contribution is 0.111. The fraction of sp³-hybridized carbons (Fsp3) is 0.533. The maximum absolute atomic E-state index is 11.3. The van der Waals surface area contributed by atoms with E-state index in [9.17, 15) is 4.79 Å². The van der Waals surface area contributed by atoms with Gasteiger partial charge in [0.1, 0.15) is 0 Å². The lowest BCUT2D eigenvalue weighted by Gasteiger charge is -2.31. The number of carbonyl (C=O) groups is 1. The van der Waals surface area contributed by atoms with Crippen molar-refractivity contribution in [1.82, 2.24) is 0 Å². The Labute approximate surface area is 127 Å². The first-order valence-corrected chi connectivity index (χ1v) is 7.53. The molecule has 110 valence electrons. The number of hydrogen-bond acceptors (Lipinski definition) is 4. The highest BCUT2D eigenvalue weighted by atomic mass is 79.9. The summed E-state index contributed by atoms with van der Waals surface area (Å²) in [5, 5.41) is 0. The van der Waals surface area contributed by atoms with Crippen molar-refractivity contribution in [2.24, 2.45) is 5.73 Å². The van der Waals surface area contributed by atoms with Gasteiger partial charge in [0.25, 0.3) is 0 Å². The summed E-state index contributed by atoms with van der Waals surface area (Å²) >= 11 is 3.46. The standard InChI is InChI=1S/C15H20BrNO3/c1-19-13-10(8-18)12(16)7-11(14(13)20-2)15(9-17)5-3-4-6-15/h7-8H,3-6,9,17H2,1-2H3. The third-order valence-electron chi connectivity index (χ3n) is 4.27. The van der Waals surface area contributed by atoms with E-state index in [1.807, 2.05) is 6.07 Å². The first-order chi connectivity index (χ1) is 9.63. The van der Waals surface area contributed by atoms with Crippen LogP contribution in [0.15, 0.2) is 10.5 Å². The molecule has 2 rings (SSSR count). The molecule has 0 saturated heterocycles. The Kier molecular flexibility index (Phi) is 4.70. The van der Waals surface area contributed by atoms with Crippen LogP contribution >= 0.6 is 15.9 Å². The molecule has 0 aliphatic heterocycles. The van der Waals surface area contributed by atoms with Crippen LogP contribution in [0.2, 0.25) is 0 Å². The van der Waals surface area contributed by atoms with Gasteiger partial charge in [-0.15, -0.1) is 0 Å². The van der Waals surface area contributed by atoms with E-state index in [4.69, 9.17) is 15.2 Å². The van der Waals surface area contributed by atoms with Gasteiger partial charge in [0.15, 0.2) is 17.8 Å². The summed E-state index contributed by atoms with van der Waals surface area (Å²) < 4.78 is 11.7. The molecule has 1 aliphatic rings. The van der Waals surface area contributed by atoms with Gasteiger partial charge in [0.2, 0.25) is 0 Å². The summed E-state index contributed by atoms with van der Waals surface area (Å²) in [6.45, 7) is 0.569. The number of nitrogens with two attached hydrogens (primary N) is 1. The molecule has 0 amide bonds. The van der Waals surface area contributed by atoms with Gasteiger partial charge in [-0.3, -0.25) is 4.79 Å². The Bertz CT molecular complexity index is 510. The van der Waals surface area contributed by atoms with Crippen molar-refractivity contribution in [2.75, 3.05) is 20.8 Å². The lowest BCUT2D eigenvalue weighted by Crippen LogP contribution is -2.32. The largest absolute Gasteiger partial charge is 0.493 e. The molecule has 0 radical (unpaired) electrons. The Morgan fingerprint density at radius 1 is 1.30 bits per heavy atom. The van der Waals surface area contributed by atoms with E-state index in [1.54, 1.807) is 14.2 Å². The number of rotatable bonds is 5. The van der Waals surface area contributed by atoms with E-state index in [-0.39, 0.29) is 5.41 Å². The van der Waals surface area contributed by atoms with Gasteiger partial charge in [-0.1, -0.05) is 12.8 Å². The van der Waals surface area contributed by atoms with Crippen LogP contribution in [0.25, 0.3) is 0 Å². The van der Waals surface area contributed by atoms with Crippen molar-refractivity contribution >= 4 is 22.2 Å². The van der Waals surface area contributed by atoms with Crippen LogP contribution in [0.1, 0.15) is 41.6 Å². The van der Waals surface area contributed by atoms with Gasteiger partial charge in [-0.25, -0.2) is 0 Å². The summed E-state index contributed by atoms with van der Waals surface area (Å²) in [6, 6.07) is 1.96. The Morgan fingerprint density at radius 3 is 2.35 bits per heavy atom. The highest BCUT2D eigenvalue weighted by molar-refractivity contribution is 9.10. The van der Waals surface area contributed by atoms with Gasteiger partial charge in [0.05, 0.1) is 19.8 Å². The van der Waals surface area contributed by atoms with E-state index in [2.05, 4.69) is 15.9 Å². The fourth-order valence-electron chi connectivity index (χ4n) is 3.17. The van der Waals surface area contributed by atoms with Crippen LogP contribution in [-0.4, -0.2) is 27.1 Å². The van der Waals surface area contributed by atoms with E-state index < -0.39 is 0 Å². The molecular formula is C15H20BrNO3. The topological polar surface area (TPSA) is 61.5 Å². The lowest BCUT2D eigenvalue weighted by atomic mass is 9.78. The zero-order valence-corrected chi connectivity index (χ0v) is 13.5. The van der Waals surface area contributed by atoms with Crippen molar-refractivity contribution < 1.29 is 14.3 Å². The molecule has 1 aliphatic carbocycles. The summed E-state index contributed by atoms with van der Waals surface area (Å²) in [5.41, 5.74) is 7.48. The highest BCUT2D eigenvalue weighted by Gasteiger charge is 2.38. The van der Waals surface area contributed by atoms with Crippen LogP contribution in [0.4, 0.5) is 0 Å². The number of methoxy groups -OCH3 is 2. The van der Waals surface area contributed by atoms with E-state index in [0.717, 1.165) is 42.0 Å². The summed E-state index contributed by atoms with van der Waals surface area (Å²) in [7, 11) is 3.15. The average Bonchev–Trinajstić information content (AvgIpc) is 2.95. The normalized spacial score (nSPS) is 17.0. The van der Waals surface area contributed by atoms with Crippen molar-refractivity contribution in [3.05, 3.63) is 21.7 Å². The van der Waals surface area contributed by atoms with Crippen LogP contribution in [0.5, 0.6) is 11.5 Å². The molecule has 0 bridgehead atoms. The first kappa shape index (κ1) is 15.3. The van der Waals surface area contributed by atoms with Crippen LogP contribution < -0.4 is 15.2 Å². The minimum atomic E-state index is -0.0808. The fourth-order valence-corrected chi connectivity index (χ4v) is 3.67. The van der Waals surface area contributed by atoms with Gasteiger partial charge < -0.3 is 15.2 Å². The average molecular weight is 342 g/mol. The predicted octanol–water partition coefficient (Wildman–Crippen LogP) is 3.05. The number of carbonyl (C=O) groups excluding carboxylic acids is 1. The Balaban J connectivity index is 2.69. The summed E-state index contributed by atoms with van der Waals surface area (Å²) in [5.74, 6) is 1.11. The number of halogens is 1. The second-order valence-electron chi connectivity index (χ2n) is 5.20. The minimum absolute atomic E-state index is 0.0808. The van der Waals surface area contributed by atoms with Crippen LogP contribution in [0.3, 0.4) is 0 Å². The molecule has 0 spiro atoms. The molecule has 5 heteroatoms.